The summed E-state index contributed by atoms with van der Waals surface area (Å²) >= 11 is 0. The van der Waals surface area contributed by atoms with Crippen LogP contribution < -0.4 is 10.2 Å². The van der Waals surface area contributed by atoms with Crippen molar-refractivity contribution in [3.63, 3.8) is 0 Å². The number of hydrogen-bond acceptors (Lipinski definition) is 3. The van der Waals surface area contributed by atoms with Gasteiger partial charge in [0.25, 0.3) is 0 Å². The van der Waals surface area contributed by atoms with E-state index < -0.39 is 0 Å². The van der Waals surface area contributed by atoms with Crippen LogP contribution in [0.5, 0.6) is 0 Å². The summed E-state index contributed by atoms with van der Waals surface area (Å²) in [6, 6.07) is 2.56. The molecule has 1 N–H and O–H groups in total. The molecule has 0 aliphatic rings. The minimum absolute atomic E-state index is 0.0577. The fraction of sp³-hybridized carbons (Fsp3) is 0.562. The summed E-state index contributed by atoms with van der Waals surface area (Å²) in [4.78, 5) is 6.62. The average Bonchev–Trinajstić information content (AvgIpc) is 2.32. The van der Waals surface area contributed by atoms with Crippen molar-refractivity contribution < 1.29 is 0 Å². The first-order valence-electron chi connectivity index (χ1n) is 6.91. The number of hydrogen-bond donors (Lipinski definition) is 1. The fourth-order valence-electron chi connectivity index (χ4n) is 2.00. The van der Waals surface area contributed by atoms with Crippen molar-refractivity contribution in [1.29, 1.82) is 0 Å². The van der Waals surface area contributed by atoms with E-state index in [0.29, 0.717) is 6.04 Å². The Labute approximate surface area is 117 Å². The van der Waals surface area contributed by atoms with E-state index in [-0.39, 0.29) is 5.54 Å². The van der Waals surface area contributed by atoms with Crippen LogP contribution in [0.4, 0.5) is 5.69 Å². The topological polar surface area (TPSA) is 28.2 Å². The maximum atomic E-state index is 4.26. The monoisotopic (exact) mass is 261 g/mol. The smallest absolute Gasteiger partial charge is 0.0450 e. The third kappa shape index (κ3) is 4.67. The largest absolute Gasteiger partial charge is 0.363 e. The summed E-state index contributed by atoms with van der Waals surface area (Å²) in [6.07, 6.45) is 5.76. The summed E-state index contributed by atoms with van der Waals surface area (Å²) in [5.74, 6) is 0. The van der Waals surface area contributed by atoms with Crippen molar-refractivity contribution in [3.8, 4) is 0 Å². The summed E-state index contributed by atoms with van der Waals surface area (Å²) in [5.41, 5.74) is 2.52. The molecule has 1 heterocycles. The molecule has 0 radical (unpaired) electrons. The lowest BCUT2D eigenvalue weighted by Crippen LogP contribution is -2.42. The molecule has 0 spiro atoms. The van der Waals surface area contributed by atoms with E-state index in [1.807, 2.05) is 18.5 Å². The zero-order chi connectivity index (χ0) is 14.5. The quantitative estimate of drug-likeness (QED) is 0.796. The predicted octanol–water partition coefficient (Wildman–Crippen LogP) is 3.37. The molecular formula is C16H27N3. The molecule has 0 aliphatic heterocycles. The summed E-state index contributed by atoms with van der Waals surface area (Å²) in [5, 5.41) is 3.46. The van der Waals surface area contributed by atoms with Gasteiger partial charge in [-0.05, 0) is 26.8 Å². The normalized spacial score (nSPS) is 11.7. The number of nitrogens with one attached hydrogen (secondary N) is 1. The van der Waals surface area contributed by atoms with Crippen molar-refractivity contribution in [2.75, 3.05) is 11.4 Å². The molecule has 0 bridgehead atoms. The molecule has 1 aromatic heterocycles. The minimum atomic E-state index is 0.0577. The van der Waals surface area contributed by atoms with Gasteiger partial charge in [-0.15, -0.1) is 6.58 Å². The van der Waals surface area contributed by atoms with Crippen LogP contribution in [0.1, 0.15) is 40.2 Å². The van der Waals surface area contributed by atoms with E-state index in [2.05, 4.69) is 62.5 Å². The molecule has 3 nitrogen and oxygen atoms in total. The second kappa shape index (κ2) is 6.71. The Hall–Kier alpha value is -1.35. The van der Waals surface area contributed by atoms with Crippen molar-refractivity contribution in [1.82, 2.24) is 10.3 Å². The van der Waals surface area contributed by atoms with Gasteiger partial charge < -0.3 is 10.2 Å². The van der Waals surface area contributed by atoms with Crippen molar-refractivity contribution in [3.05, 3.63) is 36.7 Å². The van der Waals surface area contributed by atoms with Gasteiger partial charge in [-0.2, -0.15) is 0 Å². The van der Waals surface area contributed by atoms with Crippen LogP contribution in [-0.2, 0) is 6.54 Å². The first-order valence-corrected chi connectivity index (χ1v) is 6.91. The van der Waals surface area contributed by atoms with Gasteiger partial charge in [0, 0.05) is 48.3 Å². The summed E-state index contributed by atoms with van der Waals surface area (Å²) in [6.45, 7) is 16.5. The van der Waals surface area contributed by atoms with Crippen LogP contribution in [0.25, 0.3) is 0 Å². The summed E-state index contributed by atoms with van der Waals surface area (Å²) < 4.78 is 0. The SMILES string of the molecule is C=CCN(c1ccncc1CNC(C)C)C(C)(C)C. The van der Waals surface area contributed by atoms with Crippen LogP contribution in [0.15, 0.2) is 31.1 Å². The van der Waals surface area contributed by atoms with E-state index in [0.717, 1.165) is 13.1 Å². The van der Waals surface area contributed by atoms with Gasteiger partial charge in [0.15, 0.2) is 0 Å². The average molecular weight is 261 g/mol. The van der Waals surface area contributed by atoms with Gasteiger partial charge in [0.1, 0.15) is 0 Å². The Kier molecular flexibility index (Phi) is 5.55. The number of aromatic nitrogens is 1. The highest BCUT2D eigenvalue weighted by molar-refractivity contribution is 5.54. The van der Waals surface area contributed by atoms with E-state index in [1.54, 1.807) is 0 Å². The van der Waals surface area contributed by atoms with Gasteiger partial charge in [0.2, 0.25) is 0 Å². The van der Waals surface area contributed by atoms with E-state index >= 15 is 0 Å². The minimum Gasteiger partial charge on any atom is -0.363 e. The molecule has 0 atom stereocenters. The zero-order valence-corrected chi connectivity index (χ0v) is 12.9. The first-order chi connectivity index (χ1) is 8.86. The van der Waals surface area contributed by atoms with Crippen molar-refractivity contribution in [2.45, 2.75) is 52.7 Å². The lowest BCUT2D eigenvalue weighted by Gasteiger charge is -2.38. The molecule has 0 unspecified atom stereocenters. The second-order valence-electron chi connectivity index (χ2n) is 6.11. The van der Waals surface area contributed by atoms with E-state index in [1.165, 1.54) is 11.3 Å². The maximum Gasteiger partial charge on any atom is 0.0450 e. The standard InChI is InChI=1S/C16H27N3/c1-7-10-19(16(4,5)6)15-8-9-17-11-14(15)12-18-13(2)3/h7-9,11,13,18H,1,10,12H2,2-6H3. The molecule has 0 fully saturated rings. The van der Waals surface area contributed by atoms with Crippen LogP contribution >= 0.6 is 0 Å². The lowest BCUT2D eigenvalue weighted by atomic mass is 10.0. The Morgan fingerprint density at radius 2 is 2.11 bits per heavy atom. The van der Waals surface area contributed by atoms with Gasteiger partial charge >= 0.3 is 0 Å². The molecule has 106 valence electrons. The number of anilines is 1. The van der Waals surface area contributed by atoms with Crippen LogP contribution in [-0.4, -0.2) is 23.1 Å². The highest BCUT2D eigenvalue weighted by atomic mass is 15.2. The van der Waals surface area contributed by atoms with Gasteiger partial charge in [-0.1, -0.05) is 19.9 Å². The molecule has 19 heavy (non-hydrogen) atoms. The Bertz CT molecular complexity index is 405. The first kappa shape index (κ1) is 15.7. The summed E-state index contributed by atoms with van der Waals surface area (Å²) in [7, 11) is 0. The van der Waals surface area contributed by atoms with E-state index in [4.69, 9.17) is 0 Å². The van der Waals surface area contributed by atoms with Crippen LogP contribution in [0.3, 0.4) is 0 Å². The number of nitrogens with zero attached hydrogens (tertiary/aromatic N) is 2. The molecule has 1 aromatic rings. The van der Waals surface area contributed by atoms with Crippen LogP contribution in [0.2, 0.25) is 0 Å². The Morgan fingerprint density at radius 1 is 1.42 bits per heavy atom. The van der Waals surface area contributed by atoms with Gasteiger partial charge in [0.05, 0.1) is 0 Å². The highest BCUT2D eigenvalue weighted by Crippen LogP contribution is 2.26. The Balaban J connectivity index is 3.05. The van der Waals surface area contributed by atoms with Crippen molar-refractivity contribution >= 4 is 5.69 Å². The number of pyridine rings is 1. The number of rotatable bonds is 6. The third-order valence-electron chi connectivity index (χ3n) is 2.99. The molecule has 3 heteroatoms. The maximum absolute atomic E-state index is 4.26. The molecule has 1 rings (SSSR count). The van der Waals surface area contributed by atoms with Crippen LogP contribution in [0, 0.1) is 0 Å². The molecule has 0 saturated heterocycles. The molecular weight excluding hydrogens is 234 g/mol. The molecule has 0 amide bonds. The van der Waals surface area contributed by atoms with Gasteiger partial charge in [-0.25, -0.2) is 0 Å². The van der Waals surface area contributed by atoms with Gasteiger partial charge in [-0.3, -0.25) is 4.98 Å². The third-order valence-corrected chi connectivity index (χ3v) is 2.99. The predicted molar refractivity (Wildman–Crippen MR) is 83.5 cm³/mol. The lowest BCUT2D eigenvalue weighted by molar-refractivity contribution is 0.517. The van der Waals surface area contributed by atoms with Crippen molar-refractivity contribution in [2.24, 2.45) is 0 Å². The highest BCUT2D eigenvalue weighted by Gasteiger charge is 2.22. The fourth-order valence-corrected chi connectivity index (χ4v) is 2.00. The van der Waals surface area contributed by atoms with E-state index in [9.17, 15) is 0 Å². The Morgan fingerprint density at radius 3 is 2.63 bits per heavy atom. The molecule has 0 aromatic carbocycles. The second-order valence-corrected chi connectivity index (χ2v) is 6.11. The molecule has 0 aliphatic carbocycles. The zero-order valence-electron chi connectivity index (χ0n) is 12.9. The molecule has 0 saturated carbocycles.